The molecule has 0 bridgehead atoms. The first-order valence-electron chi connectivity index (χ1n) is 9.27. The maximum atomic E-state index is 12.3. The fraction of sp³-hybridized carbons (Fsp3) is 0.0833. The Morgan fingerprint density at radius 3 is 2.63 bits per heavy atom. The van der Waals surface area contributed by atoms with E-state index in [1.54, 1.807) is 30.3 Å². The number of esters is 1. The van der Waals surface area contributed by atoms with Gasteiger partial charge >= 0.3 is 5.97 Å². The Morgan fingerprint density at radius 2 is 1.90 bits per heavy atom. The lowest BCUT2D eigenvalue weighted by molar-refractivity contribution is -0.133. The van der Waals surface area contributed by atoms with Gasteiger partial charge in [-0.2, -0.15) is 5.26 Å². The highest BCUT2D eigenvalue weighted by Gasteiger charge is 2.31. The van der Waals surface area contributed by atoms with Crippen molar-refractivity contribution in [1.82, 2.24) is 0 Å². The van der Waals surface area contributed by atoms with Crippen LogP contribution in [0.3, 0.4) is 0 Å². The van der Waals surface area contributed by atoms with E-state index in [-0.39, 0.29) is 18.3 Å². The van der Waals surface area contributed by atoms with Crippen LogP contribution in [0.25, 0.3) is 0 Å². The summed E-state index contributed by atoms with van der Waals surface area (Å²) in [5.74, 6) is -0.0203. The summed E-state index contributed by atoms with van der Waals surface area (Å²) in [6.07, 6.45) is 0.157. The van der Waals surface area contributed by atoms with Crippen molar-refractivity contribution < 1.29 is 14.3 Å². The molecule has 3 aromatic rings. The highest BCUT2D eigenvalue weighted by atomic mass is 35.5. The summed E-state index contributed by atoms with van der Waals surface area (Å²) in [4.78, 5) is 12.3. The molecule has 5 nitrogen and oxygen atoms in total. The lowest BCUT2D eigenvalue weighted by Gasteiger charge is -2.26. The minimum Gasteiger partial charge on any atom is -0.440 e. The molecule has 0 aromatic heterocycles. The van der Waals surface area contributed by atoms with Gasteiger partial charge in [0, 0.05) is 16.7 Å². The second-order valence-electron chi connectivity index (χ2n) is 6.82. The number of carbonyl (C=O) groups excluding carboxylic acids is 1. The summed E-state index contributed by atoms with van der Waals surface area (Å²) in [6.45, 7) is 0. The Bertz CT molecular complexity index is 1180. The van der Waals surface area contributed by atoms with Crippen molar-refractivity contribution in [3.8, 4) is 17.6 Å². The topological polar surface area (TPSA) is 85.3 Å². The summed E-state index contributed by atoms with van der Waals surface area (Å²) in [5, 5.41) is 10.2. The van der Waals surface area contributed by atoms with E-state index in [1.165, 1.54) is 0 Å². The Labute approximate surface area is 178 Å². The fourth-order valence-corrected chi connectivity index (χ4v) is 3.66. The molecule has 30 heavy (non-hydrogen) atoms. The number of rotatable bonds is 4. The van der Waals surface area contributed by atoms with Gasteiger partial charge in [-0.25, -0.2) is 0 Å². The number of carbonyl (C=O) groups is 1. The van der Waals surface area contributed by atoms with Crippen molar-refractivity contribution in [3.63, 3.8) is 0 Å². The molecule has 0 spiro atoms. The number of nitriles is 1. The second kappa shape index (κ2) is 8.32. The third kappa shape index (κ3) is 4.00. The first-order chi connectivity index (χ1) is 14.5. The third-order valence-electron chi connectivity index (χ3n) is 4.80. The number of ether oxygens (including phenoxy) is 2. The van der Waals surface area contributed by atoms with Gasteiger partial charge in [0.25, 0.3) is 0 Å². The van der Waals surface area contributed by atoms with E-state index in [0.29, 0.717) is 22.1 Å². The van der Waals surface area contributed by atoms with E-state index in [1.807, 2.05) is 42.5 Å². The highest BCUT2D eigenvalue weighted by Crippen LogP contribution is 2.43. The van der Waals surface area contributed by atoms with Crippen LogP contribution in [0.4, 0.5) is 0 Å². The average Bonchev–Trinajstić information content (AvgIpc) is 2.73. The number of nitrogens with zero attached hydrogens (tertiary/aromatic N) is 1. The minimum atomic E-state index is -0.425. The maximum absolute atomic E-state index is 12.3. The van der Waals surface area contributed by atoms with Crippen LogP contribution in [0, 0.1) is 11.3 Å². The highest BCUT2D eigenvalue weighted by molar-refractivity contribution is 6.30. The zero-order chi connectivity index (χ0) is 21.1. The molecule has 1 unspecified atom stereocenters. The van der Waals surface area contributed by atoms with E-state index < -0.39 is 5.92 Å². The van der Waals surface area contributed by atoms with Crippen LogP contribution in [0.15, 0.2) is 84.3 Å². The number of allylic oxidation sites excluding steroid dienone is 1. The molecule has 2 N–H and O–H groups in total. The normalized spacial score (nSPS) is 15.0. The molecular formula is C24H17ClN2O3. The second-order valence-corrected chi connectivity index (χ2v) is 7.25. The molecule has 4 rings (SSSR count). The molecular weight excluding hydrogens is 400 g/mol. The molecule has 1 aliphatic heterocycles. The van der Waals surface area contributed by atoms with Crippen molar-refractivity contribution in [2.75, 3.05) is 0 Å². The standard InChI is InChI=1S/C24H17ClN2O3/c25-17-8-4-7-16(12-17)23-19-10-9-18(13-21(19)30-24(27)20(23)14-26)29-22(28)11-15-5-2-1-3-6-15/h1-10,12-13,23H,11,27H2. The largest absolute Gasteiger partial charge is 0.440 e. The molecule has 0 fully saturated rings. The molecule has 1 atom stereocenters. The Morgan fingerprint density at radius 1 is 1.10 bits per heavy atom. The number of benzene rings is 3. The van der Waals surface area contributed by atoms with Gasteiger partial charge in [0.15, 0.2) is 0 Å². The third-order valence-corrected chi connectivity index (χ3v) is 5.03. The summed E-state index contributed by atoms with van der Waals surface area (Å²) < 4.78 is 11.1. The van der Waals surface area contributed by atoms with Crippen LogP contribution in [0.2, 0.25) is 5.02 Å². The molecule has 6 heteroatoms. The molecule has 1 heterocycles. The van der Waals surface area contributed by atoms with Gasteiger partial charge in [-0.15, -0.1) is 0 Å². The zero-order valence-electron chi connectivity index (χ0n) is 15.8. The first kappa shape index (κ1) is 19.6. The van der Waals surface area contributed by atoms with E-state index in [2.05, 4.69) is 6.07 Å². The first-order valence-corrected chi connectivity index (χ1v) is 9.64. The average molecular weight is 417 g/mol. The molecule has 1 aliphatic rings. The minimum absolute atomic E-state index is 0.0164. The molecule has 0 saturated carbocycles. The number of halogens is 1. The quantitative estimate of drug-likeness (QED) is 0.492. The number of nitrogens with two attached hydrogens (primary N) is 1. The number of fused-ring (bicyclic) bond motifs is 1. The van der Waals surface area contributed by atoms with Crippen LogP contribution >= 0.6 is 11.6 Å². The van der Waals surface area contributed by atoms with E-state index >= 15 is 0 Å². The smallest absolute Gasteiger partial charge is 0.315 e. The molecule has 148 valence electrons. The molecule has 0 saturated heterocycles. The van der Waals surface area contributed by atoms with E-state index in [4.69, 9.17) is 26.8 Å². The summed E-state index contributed by atoms with van der Waals surface area (Å²) in [7, 11) is 0. The Balaban J connectivity index is 1.64. The van der Waals surface area contributed by atoms with Crippen molar-refractivity contribution in [1.29, 1.82) is 5.26 Å². The lowest BCUT2D eigenvalue weighted by atomic mass is 9.83. The van der Waals surface area contributed by atoms with Gasteiger partial charge in [-0.1, -0.05) is 60.1 Å². The van der Waals surface area contributed by atoms with Crippen LogP contribution in [0.5, 0.6) is 11.5 Å². The monoisotopic (exact) mass is 416 g/mol. The Hall–Kier alpha value is -3.75. The van der Waals surface area contributed by atoms with Crippen molar-refractivity contribution >= 4 is 17.6 Å². The summed E-state index contributed by atoms with van der Waals surface area (Å²) in [5.41, 5.74) is 8.75. The predicted octanol–water partition coefficient (Wildman–Crippen LogP) is 4.71. The zero-order valence-corrected chi connectivity index (χ0v) is 16.6. The van der Waals surface area contributed by atoms with E-state index in [0.717, 1.165) is 16.7 Å². The van der Waals surface area contributed by atoms with Crippen LogP contribution in [0.1, 0.15) is 22.6 Å². The van der Waals surface area contributed by atoms with Gasteiger partial charge in [0.1, 0.15) is 23.1 Å². The molecule has 3 aromatic carbocycles. The van der Waals surface area contributed by atoms with Crippen molar-refractivity contribution in [2.24, 2.45) is 5.73 Å². The van der Waals surface area contributed by atoms with Gasteiger partial charge < -0.3 is 15.2 Å². The maximum Gasteiger partial charge on any atom is 0.315 e. The molecule has 0 radical (unpaired) electrons. The van der Waals surface area contributed by atoms with Gasteiger partial charge in [0.2, 0.25) is 5.88 Å². The van der Waals surface area contributed by atoms with Gasteiger partial charge in [-0.3, -0.25) is 4.79 Å². The summed E-state index contributed by atoms with van der Waals surface area (Å²) in [6, 6.07) is 23.8. The van der Waals surface area contributed by atoms with E-state index in [9.17, 15) is 10.1 Å². The van der Waals surface area contributed by atoms with Gasteiger partial charge in [0.05, 0.1) is 12.3 Å². The summed E-state index contributed by atoms with van der Waals surface area (Å²) >= 11 is 6.15. The van der Waals surface area contributed by atoms with Crippen molar-refractivity contribution in [3.05, 3.63) is 106 Å². The molecule has 0 amide bonds. The van der Waals surface area contributed by atoms with Crippen LogP contribution in [-0.2, 0) is 11.2 Å². The Kier molecular flexibility index (Phi) is 5.42. The number of hydrogen-bond donors (Lipinski definition) is 1. The van der Waals surface area contributed by atoms with Crippen LogP contribution in [-0.4, -0.2) is 5.97 Å². The SMILES string of the molecule is N#CC1=C(N)Oc2cc(OC(=O)Cc3ccccc3)ccc2C1c1cccc(Cl)c1. The van der Waals surface area contributed by atoms with Gasteiger partial charge in [-0.05, 0) is 29.3 Å². The lowest BCUT2D eigenvalue weighted by Crippen LogP contribution is -2.21. The molecule has 0 aliphatic carbocycles. The van der Waals surface area contributed by atoms with Crippen LogP contribution < -0.4 is 15.2 Å². The predicted molar refractivity (Wildman–Crippen MR) is 113 cm³/mol. The van der Waals surface area contributed by atoms with Crippen molar-refractivity contribution in [2.45, 2.75) is 12.3 Å². The fourth-order valence-electron chi connectivity index (χ4n) is 3.46. The number of hydrogen-bond acceptors (Lipinski definition) is 5.